The molecule has 0 radical (unpaired) electrons. The van der Waals surface area contributed by atoms with Crippen LogP contribution in [0.15, 0.2) is 12.7 Å². The minimum Gasteiger partial charge on any atom is -0.228 e. The highest BCUT2D eigenvalue weighted by Gasteiger charge is 2.32. The minimum absolute atomic E-state index is 0.0816. The van der Waals surface area contributed by atoms with Crippen LogP contribution in [0.5, 0.6) is 0 Å². The van der Waals surface area contributed by atoms with Gasteiger partial charge in [-0.15, -0.1) is 6.58 Å². The summed E-state index contributed by atoms with van der Waals surface area (Å²) in [7, 11) is -3.41. The Bertz CT molecular complexity index is 307. The Morgan fingerprint density at radius 2 is 2.13 bits per heavy atom. The van der Waals surface area contributed by atoms with Crippen molar-refractivity contribution in [2.24, 2.45) is 17.0 Å². The van der Waals surface area contributed by atoms with E-state index in [1.807, 2.05) is 6.92 Å². The molecule has 0 bridgehead atoms. The van der Waals surface area contributed by atoms with Crippen LogP contribution in [0.2, 0.25) is 0 Å². The smallest absolute Gasteiger partial charge is 0.212 e. The fourth-order valence-electron chi connectivity index (χ4n) is 2.16. The van der Waals surface area contributed by atoms with Crippen LogP contribution in [0, 0.1) is 11.8 Å². The number of hydrogen-bond acceptors (Lipinski definition) is 2. The van der Waals surface area contributed by atoms with Gasteiger partial charge in [0.05, 0.1) is 5.25 Å². The van der Waals surface area contributed by atoms with E-state index in [-0.39, 0.29) is 11.2 Å². The third-order valence-corrected chi connectivity index (χ3v) is 4.89. The summed E-state index contributed by atoms with van der Waals surface area (Å²) in [5.41, 5.74) is 0. The molecule has 88 valence electrons. The molecule has 2 atom stereocenters. The van der Waals surface area contributed by atoms with Gasteiger partial charge in [-0.3, -0.25) is 0 Å². The van der Waals surface area contributed by atoms with Crippen molar-refractivity contribution in [3.05, 3.63) is 12.7 Å². The summed E-state index contributed by atoms with van der Waals surface area (Å²) in [5, 5.41) is 4.89. The van der Waals surface area contributed by atoms with Gasteiger partial charge in [0.1, 0.15) is 0 Å². The highest BCUT2D eigenvalue weighted by Crippen LogP contribution is 2.34. The molecule has 1 aliphatic carbocycles. The van der Waals surface area contributed by atoms with E-state index < -0.39 is 10.0 Å². The fourth-order valence-corrected chi connectivity index (χ4v) is 3.46. The second kappa shape index (κ2) is 5.12. The number of sulfonamides is 1. The number of primary sulfonamides is 1. The predicted molar refractivity (Wildman–Crippen MR) is 62.8 cm³/mol. The van der Waals surface area contributed by atoms with E-state index in [0.29, 0.717) is 12.3 Å². The van der Waals surface area contributed by atoms with Gasteiger partial charge in [0.2, 0.25) is 10.0 Å². The van der Waals surface area contributed by atoms with Gasteiger partial charge in [-0.2, -0.15) is 0 Å². The van der Waals surface area contributed by atoms with Crippen molar-refractivity contribution >= 4 is 10.0 Å². The summed E-state index contributed by atoms with van der Waals surface area (Å²) < 4.78 is 22.9. The second-order valence-corrected chi connectivity index (χ2v) is 6.45. The van der Waals surface area contributed by atoms with E-state index in [9.17, 15) is 8.42 Å². The minimum atomic E-state index is -3.41. The van der Waals surface area contributed by atoms with Gasteiger partial charge >= 0.3 is 0 Å². The molecule has 0 heterocycles. The van der Waals surface area contributed by atoms with Crippen molar-refractivity contribution in [3.63, 3.8) is 0 Å². The monoisotopic (exact) mass is 231 g/mol. The van der Waals surface area contributed by atoms with Gasteiger partial charge in [-0.05, 0) is 24.7 Å². The molecule has 15 heavy (non-hydrogen) atoms. The Kier molecular flexibility index (Phi) is 4.34. The topological polar surface area (TPSA) is 60.2 Å². The molecular weight excluding hydrogens is 210 g/mol. The first-order chi connectivity index (χ1) is 6.95. The summed E-state index contributed by atoms with van der Waals surface area (Å²) in [6.07, 6.45) is 6.77. The molecular formula is C11H21NO2S. The molecule has 0 unspecified atom stereocenters. The SMILES string of the molecule is C=CC[C@@H](C)[C@@H](CC1CCC1)S(N)(=O)=O. The Balaban J connectivity index is 2.63. The third kappa shape index (κ3) is 3.61. The first kappa shape index (κ1) is 12.7. The predicted octanol–water partition coefficient (Wildman–Crippen LogP) is 2.05. The molecule has 0 aliphatic heterocycles. The lowest BCUT2D eigenvalue weighted by Gasteiger charge is -2.31. The Hall–Kier alpha value is -0.350. The molecule has 0 aromatic rings. The van der Waals surface area contributed by atoms with Crippen LogP contribution in [0.3, 0.4) is 0 Å². The average Bonchev–Trinajstić information content (AvgIpc) is 1.99. The normalized spacial score (nSPS) is 21.7. The molecule has 2 N–H and O–H groups in total. The van der Waals surface area contributed by atoms with Crippen LogP contribution in [0.1, 0.15) is 39.0 Å². The van der Waals surface area contributed by atoms with Crippen molar-refractivity contribution in [1.82, 2.24) is 0 Å². The molecule has 1 aliphatic rings. The number of rotatable bonds is 6. The maximum Gasteiger partial charge on any atom is 0.212 e. The second-order valence-electron chi connectivity index (χ2n) is 4.66. The molecule has 0 amide bonds. The molecule has 1 rings (SSSR count). The van der Waals surface area contributed by atoms with Crippen molar-refractivity contribution < 1.29 is 8.42 Å². The van der Waals surface area contributed by atoms with Gasteiger partial charge in [-0.1, -0.05) is 32.3 Å². The summed E-state index contributed by atoms with van der Waals surface area (Å²) in [6, 6.07) is 0. The molecule has 0 spiro atoms. The van der Waals surface area contributed by atoms with Gasteiger partial charge in [0, 0.05) is 0 Å². The van der Waals surface area contributed by atoms with Gasteiger partial charge < -0.3 is 0 Å². The van der Waals surface area contributed by atoms with E-state index >= 15 is 0 Å². The lowest BCUT2D eigenvalue weighted by Crippen LogP contribution is -2.36. The largest absolute Gasteiger partial charge is 0.228 e. The van der Waals surface area contributed by atoms with Crippen LogP contribution in [0.25, 0.3) is 0 Å². The Morgan fingerprint density at radius 1 is 1.53 bits per heavy atom. The standard InChI is InChI=1S/C11H21NO2S/c1-3-5-9(2)11(15(12,13)14)8-10-6-4-7-10/h3,9-11H,1,4-8H2,2H3,(H2,12,13,14)/t9-,11-/m1/s1. The fraction of sp³-hybridized carbons (Fsp3) is 0.818. The average molecular weight is 231 g/mol. The zero-order valence-electron chi connectivity index (χ0n) is 9.35. The Morgan fingerprint density at radius 3 is 2.47 bits per heavy atom. The molecule has 3 nitrogen and oxygen atoms in total. The van der Waals surface area contributed by atoms with Crippen LogP contribution >= 0.6 is 0 Å². The van der Waals surface area contributed by atoms with E-state index in [1.165, 1.54) is 6.42 Å². The first-order valence-electron chi connectivity index (χ1n) is 5.57. The zero-order valence-corrected chi connectivity index (χ0v) is 10.2. The lowest BCUT2D eigenvalue weighted by molar-refractivity contribution is 0.274. The summed E-state index contributed by atoms with van der Waals surface area (Å²) in [4.78, 5) is 0. The van der Waals surface area contributed by atoms with E-state index in [1.54, 1.807) is 6.08 Å². The summed E-state index contributed by atoms with van der Waals surface area (Å²) in [6.45, 7) is 5.58. The summed E-state index contributed by atoms with van der Waals surface area (Å²) in [5.74, 6) is 0.652. The zero-order chi connectivity index (χ0) is 11.5. The number of nitrogens with two attached hydrogens (primary N) is 1. The van der Waals surface area contributed by atoms with Gasteiger partial charge in [-0.25, -0.2) is 13.6 Å². The highest BCUT2D eigenvalue weighted by molar-refractivity contribution is 7.89. The number of allylic oxidation sites excluding steroid dienone is 1. The van der Waals surface area contributed by atoms with Crippen molar-refractivity contribution in [2.75, 3.05) is 0 Å². The molecule has 0 aromatic carbocycles. The summed E-state index contributed by atoms with van der Waals surface area (Å²) >= 11 is 0. The van der Waals surface area contributed by atoms with Crippen LogP contribution in [-0.4, -0.2) is 13.7 Å². The van der Waals surface area contributed by atoms with Crippen molar-refractivity contribution in [2.45, 2.75) is 44.3 Å². The maximum absolute atomic E-state index is 11.5. The highest BCUT2D eigenvalue weighted by atomic mass is 32.2. The maximum atomic E-state index is 11.5. The van der Waals surface area contributed by atoms with E-state index in [2.05, 4.69) is 6.58 Å². The Labute approximate surface area is 92.8 Å². The van der Waals surface area contributed by atoms with Crippen LogP contribution in [0.4, 0.5) is 0 Å². The first-order valence-corrected chi connectivity index (χ1v) is 7.18. The van der Waals surface area contributed by atoms with Gasteiger partial charge in [0.25, 0.3) is 0 Å². The third-order valence-electron chi connectivity index (χ3n) is 3.39. The van der Waals surface area contributed by atoms with E-state index in [4.69, 9.17) is 5.14 Å². The van der Waals surface area contributed by atoms with Gasteiger partial charge in [0.15, 0.2) is 0 Å². The molecule has 0 saturated heterocycles. The molecule has 1 saturated carbocycles. The molecule has 0 aromatic heterocycles. The van der Waals surface area contributed by atoms with Crippen LogP contribution in [-0.2, 0) is 10.0 Å². The quantitative estimate of drug-likeness (QED) is 0.711. The molecule has 1 fully saturated rings. The van der Waals surface area contributed by atoms with E-state index in [0.717, 1.165) is 19.3 Å². The molecule has 4 heteroatoms. The van der Waals surface area contributed by atoms with Crippen molar-refractivity contribution in [1.29, 1.82) is 0 Å². The number of hydrogen-bond donors (Lipinski definition) is 1. The lowest BCUT2D eigenvalue weighted by atomic mass is 9.80. The van der Waals surface area contributed by atoms with Crippen molar-refractivity contribution in [3.8, 4) is 0 Å². The van der Waals surface area contributed by atoms with Crippen LogP contribution < -0.4 is 5.14 Å².